The summed E-state index contributed by atoms with van der Waals surface area (Å²) in [5.74, 6) is 0.685. The summed E-state index contributed by atoms with van der Waals surface area (Å²) in [5.41, 5.74) is 6.16. The van der Waals surface area contributed by atoms with Crippen LogP contribution in [-0.2, 0) is 10.8 Å². The van der Waals surface area contributed by atoms with Crippen LogP contribution in [0.3, 0.4) is 0 Å². The van der Waals surface area contributed by atoms with Crippen molar-refractivity contribution >= 4 is 16.5 Å². The summed E-state index contributed by atoms with van der Waals surface area (Å²) in [4.78, 5) is 4.56. The van der Waals surface area contributed by atoms with Gasteiger partial charge in [0.2, 0.25) is 0 Å². The van der Waals surface area contributed by atoms with E-state index >= 15 is 0 Å². The first kappa shape index (κ1) is 10.2. The van der Waals surface area contributed by atoms with Crippen molar-refractivity contribution in [2.24, 2.45) is 0 Å². The van der Waals surface area contributed by atoms with Crippen LogP contribution in [-0.4, -0.2) is 14.9 Å². The van der Waals surface area contributed by atoms with E-state index < -0.39 is 10.8 Å². The molecule has 0 aromatic carbocycles. The molecule has 0 saturated heterocycles. The molecule has 0 fully saturated rings. The molecule has 0 radical (unpaired) electrons. The van der Waals surface area contributed by atoms with Gasteiger partial charge in [-0.3, -0.25) is 9.19 Å². The highest BCUT2D eigenvalue weighted by Gasteiger charge is 2.06. The molecule has 72 valence electrons. The van der Waals surface area contributed by atoms with Gasteiger partial charge in [0.25, 0.3) is 0 Å². The Bertz CT molecular complexity index is 301. The Hall–Kier alpha value is -0.900. The molecule has 4 heteroatoms. The zero-order valence-corrected chi connectivity index (χ0v) is 8.51. The highest BCUT2D eigenvalue weighted by molar-refractivity contribution is 7.85. The highest BCUT2D eigenvalue weighted by atomic mass is 32.2. The largest absolute Gasteiger partial charge is 0.396 e. The van der Waals surface area contributed by atoms with Gasteiger partial charge in [-0.25, -0.2) is 0 Å². The van der Waals surface area contributed by atoms with E-state index in [2.05, 4.69) is 11.9 Å². The molecule has 3 nitrogen and oxygen atoms in total. The van der Waals surface area contributed by atoms with Crippen LogP contribution in [0.4, 0.5) is 5.69 Å². The van der Waals surface area contributed by atoms with Crippen LogP contribution >= 0.6 is 0 Å². The molecular weight excluding hydrogens is 184 g/mol. The van der Waals surface area contributed by atoms with Crippen molar-refractivity contribution < 1.29 is 4.21 Å². The van der Waals surface area contributed by atoms with Crippen LogP contribution in [0.2, 0.25) is 0 Å². The van der Waals surface area contributed by atoms with Gasteiger partial charge < -0.3 is 5.73 Å². The highest BCUT2D eigenvalue weighted by Crippen LogP contribution is 2.14. The lowest BCUT2D eigenvalue weighted by atomic mass is 10.4. The van der Waals surface area contributed by atoms with Crippen molar-refractivity contribution in [2.75, 3.05) is 11.5 Å². The zero-order chi connectivity index (χ0) is 9.68. The van der Waals surface area contributed by atoms with Gasteiger partial charge in [-0.2, -0.15) is 0 Å². The minimum absolute atomic E-state index is 0.525. The van der Waals surface area contributed by atoms with Gasteiger partial charge in [0.05, 0.1) is 27.6 Å². The Morgan fingerprint density at radius 3 is 3.00 bits per heavy atom. The molecule has 0 aliphatic heterocycles. The third kappa shape index (κ3) is 2.81. The predicted octanol–water partition coefficient (Wildman–Crippen LogP) is 1.57. The number of nitrogens with zero attached hydrogens (tertiary/aromatic N) is 1. The standard InChI is InChI=1S/C9H14N2OS/c1-2-3-6-13(12)9-4-5-11-7-8(9)10/h4-5,7H,2-3,6,10H2,1H3. The van der Waals surface area contributed by atoms with E-state index in [-0.39, 0.29) is 0 Å². The maximum atomic E-state index is 11.6. The fourth-order valence-electron chi connectivity index (χ4n) is 0.987. The average molecular weight is 198 g/mol. The quantitative estimate of drug-likeness (QED) is 0.799. The summed E-state index contributed by atoms with van der Waals surface area (Å²) in [7, 11) is -0.960. The van der Waals surface area contributed by atoms with E-state index in [0.29, 0.717) is 16.3 Å². The van der Waals surface area contributed by atoms with Crippen LogP contribution in [0.25, 0.3) is 0 Å². The molecule has 1 atom stereocenters. The first-order valence-corrected chi connectivity index (χ1v) is 5.65. The molecule has 1 rings (SSSR count). The van der Waals surface area contributed by atoms with E-state index in [9.17, 15) is 4.21 Å². The van der Waals surface area contributed by atoms with E-state index in [1.54, 1.807) is 18.5 Å². The fraction of sp³-hybridized carbons (Fsp3) is 0.444. The molecule has 0 amide bonds. The van der Waals surface area contributed by atoms with Gasteiger partial charge in [0, 0.05) is 11.9 Å². The number of nitrogens with two attached hydrogens (primary N) is 1. The summed E-state index contributed by atoms with van der Waals surface area (Å²) in [5, 5.41) is 0. The summed E-state index contributed by atoms with van der Waals surface area (Å²) >= 11 is 0. The number of hydrogen-bond acceptors (Lipinski definition) is 3. The van der Waals surface area contributed by atoms with E-state index in [4.69, 9.17) is 5.73 Å². The minimum atomic E-state index is -0.960. The van der Waals surface area contributed by atoms with Gasteiger partial charge in [-0.1, -0.05) is 13.3 Å². The Kier molecular flexibility index (Phi) is 3.89. The zero-order valence-electron chi connectivity index (χ0n) is 7.69. The molecule has 0 aliphatic rings. The number of anilines is 1. The summed E-state index contributed by atoms with van der Waals surface area (Å²) in [6.45, 7) is 2.08. The van der Waals surface area contributed by atoms with Crippen molar-refractivity contribution in [2.45, 2.75) is 24.7 Å². The van der Waals surface area contributed by atoms with E-state index in [0.717, 1.165) is 12.8 Å². The molecule has 1 aromatic heterocycles. The smallest absolute Gasteiger partial charge is 0.0664 e. The average Bonchev–Trinajstić information content (AvgIpc) is 2.15. The molecule has 1 heterocycles. The van der Waals surface area contributed by atoms with Crippen molar-refractivity contribution in [3.8, 4) is 0 Å². The monoisotopic (exact) mass is 198 g/mol. The SMILES string of the molecule is CCCCS(=O)c1ccncc1N. The topological polar surface area (TPSA) is 56.0 Å². The lowest BCUT2D eigenvalue weighted by molar-refractivity contribution is 0.679. The van der Waals surface area contributed by atoms with Gasteiger partial charge in [-0.15, -0.1) is 0 Å². The number of nitrogen functional groups attached to an aromatic ring is 1. The van der Waals surface area contributed by atoms with Gasteiger partial charge in [-0.05, 0) is 12.5 Å². The fourth-order valence-corrected chi connectivity index (χ4v) is 2.29. The van der Waals surface area contributed by atoms with Crippen LogP contribution in [0.1, 0.15) is 19.8 Å². The third-order valence-corrected chi connectivity index (χ3v) is 3.26. The molecule has 2 N–H and O–H groups in total. The predicted molar refractivity (Wildman–Crippen MR) is 54.8 cm³/mol. The van der Waals surface area contributed by atoms with E-state index in [1.807, 2.05) is 0 Å². The van der Waals surface area contributed by atoms with Crippen LogP contribution < -0.4 is 5.73 Å². The molecule has 1 unspecified atom stereocenters. The lowest BCUT2D eigenvalue weighted by Gasteiger charge is -2.03. The maximum Gasteiger partial charge on any atom is 0.0664 e. The Morgan fingerprint density at radius 1 is 1.62 bits per heavy atom. The summed E-state index contributed by atoms with van der Waals surface area (Å²) in [6, 6.07) is 1.72. The van der Waals surface area contributed by atoms with Crippen molar-refractivity contribution in [1.29, 1.82) is 0 Å². The number of aromatic nitrogens is 1. The van der Waals surface area contributed by atoms with Crippen molar-refractivity contribution in [3.63, 3.8) is 0 Å². The number of hydrogen-bond donors (Lipinski definition) is 1. The summed E-state index contributed by atoms with van der Waals surface area (Å²) in [6.07, 6.45) is 5.18. The number of pyridine rings is 1. The summed E-state index contributed by atoms with van der Waals surface area (Å²) < 4.78 is 11.6. The molecular formula is C9H14N2OS. The van der Waals surface area contributed by atoms with Gasteiger partial charge in [0.1, 0.15) is 0 Å². The molecule has 1 aromatic rings. The lowest BCUT2D eigenvalue weighted by Crippen LogP contribution is -2.02. The minimum Gasteiger partial charge on any atom is -0.396 e. The van der Waals surface area contributed by atoms with E-state index in [1.165, 1.54) is 0 Å². The molecule has 0 bridgehead atoms. The molecule has 0 saturated carbocycles. The van der Waals surface area contributed by atoms with Gasteiger partial charge in [0.15, 0.2) is 0 Å². The Morgan fingerprint density at radius 2 is 2.38 bits per heavy atom. The Labute approximate surface area is 80.8 Å². The normalized spacial score (nSPS) is 12.7. The number of rotatable bonds is 4. The molecule has 0 spiro atoms. The first-order chi connectivity index (χ1) is 6.25. The second-order valence-corrected chi connectivity index (χ2v) is 4.36. The number of unbranched alkanes of at least 4 members (excludes halogenated alkanes) is 1. The van der Waals surface area contributed by atoms with Crippen LogP contribution in [0, 0.1) is 0 Å². The maximum absolute atomic E-state index is 11.6. The van der Waals surface area contributed by atoms with Crippen molar-refractivity contribution in [3.05, 3.63) is 18.5 Å². The third-order valence-electron chi connectivity index (χ3n) is 1.74. The second kappa shape index (κ2) is 4.97. The first-order valence-electron chi connectivity index (χ1n) is 4.33. The van der Waals surface area contributed by atoms with Gasteiger partial charge >= 0.3 is 0 Å². The molecule has 13 heavy (non-hydrogen) atoms. The van der Waals surface area contributed by atoms with Crippen molar-refractivity contribution in [1.82, 2.24) is 4.98 Å². The van der Waals surface area contributed by atoms with Crippen LogP contribution in [0.5, 0.6) is 0 Å². The Balaban J connectivity index is 2.71. The second-order valence-electron chi connectivity index (χ2n) is 2.82. The molecule has 0 aliphatic carbocycles. The van der Waals surface area contributed by atoms with Crippen LogP contribution in [0.15, 0.2) is 23.4 Å².